The van der Waals surface area contributed by atoms with Crippen molar-refractivity contribution < 1.29 is 9.32 Å². The molecule has 0 spiro atoms. The lowest BCUT2D eigenvalue weighted by molar-refractivity contribution is 0.247. The normalized spacial score (nSPS) is 17.6. The molecule has 1 aliphatic rings. The number of nitrogens with zero attached hydrogens (tertiary/aromatic N) is 1. The Bertz CT molecular complexity index is 643. The molecular weight excluding hydrogens is 244 g/mol. The summed E-state index contributed by atoms with van der Waals surface area (Å²) in [6.45, 7) is 3.76. The average molecular weight is 258 g/mol. The van der Waals surface area contributed by atoms with Gasteiger partial charge in [0.1, 0.15) is 11.9 Å². The van der Waals surface area contributed by atoms with Gasteiger partial charge in [0.2, 0.25) is 0 Å². The zero-order valence-corrected chi connectivity index (χ0v) is 10.7. The van der Waals surface area contributed by atoms with Crippen LogP contribution in [0.3, 0.4) is 0 Å². The molecule has 0 fully saturated rings. The number of carbonyl (C=O) groups excluding carboxylic acids is 1. The fourth-order valence-electron chi connectivity index (χ4n) is 2.36. The van der Waals surface area contributed by atoms with Crippen LogP contribution in [0.5, 0.6) is 0 Å². The standard InChI is InChI=1S/C13H14N4O2/c1-6-11(7(2)19-17-6)8-3-4-10-9(5-8)12(14)16-13(18)15-10/h3-5,12H,14H2,1-2H3,(H2,15,16,18). The second kappa shape index (κ2) is 4.10. The summed E-state index contributed by atoms with van der Waals surface area (Å²) in [7, 11) is 0. The van der Waals surface area contributed by atoms with Gasteiger partial charge in [-0.25, -0.2) is 4.79 Å². The number of rotatable bonds is 1. The molecule has 0 radical (unpaired) electrons. The van der Waals surface area contributed by atoms with Crippen LogP contribution in [0.15, 0.2) is 22.7 Å². The molecule has 98 valence electrons. The zero-order valence-electron chi connectivity index (χ0n) is 10.7. The fourth-order valence-corrected chi connectivity index (χ4v) is 2.36. The number of amides is 2. The van der Waals surface area contributed by atoms with E-state index in [1.54, 1.807) is 0 Å². The highest BCUT2D eigenvalue weighted by Gasteiger charge is 2.22. The number of carbonyl (C=O) groups is 1. The first kappa shape index (κ1) is 11.7. The van der Waals surface area contributed by atoms with E-state index in [4.69, 9.17) is 10.3 Å². The van der Waals surface area contributed by atoms with Gasteiger partial charge in [0.05, 0.1) is 5.69 Å². The highest BCUT2D eigenvalue weighted by Crippen LogP contribution is 2.32. The number of aryl methyl sites for hydroxylation is 2. The van der Waals surface area contributed by atoms with Crippen molar-refractivity contribution in [1.29, 1.82) is 0 Å². The van der Waals surface area contributed by atoms with Gasteiger partial charge >= 0.3 is 6.03 Å². The minimum absolute atomic E-state index is 0.287. The van der Waals surface area contributed by atoms with E-state index in [1.165, 1.54) is 0 Å². The molecule has 6 heteroatoms. The van der Waals surface area contributed by atoms with E-state index >= 15 is 0 Å². The SMILES string of the molecule is Cc1noc(C)c1-c1ccc2c(c1)C(N)NC(=O)N2. The monoisotopic (exact) mass is 258 g/mol. The first-order valence-electron chi connectivity index (χ1n) is 5.96. The molecule has 1 unspecified atom stereocenters. The smallest absolute Gasteiger partial charge is 0.320 e. The van der Waals surface area contributed by atoms with E-state index in [0.717, 1.165) is 33.8 Å². The van der Waals surface area contributed by atoms with E-state index in [-0.39, 0.29) is 6.03 Å². The molecule has 0 bridgehead atoms. The Balaban J connectivity index is 2.12. The van der Waals surface area contributed by atoms with Crippen molar-refractivity contribution in [3.63, 3.8) is 0 Å². The van der Waals surface area contributed by atoms with Gasteiger partial charge in [-0.3, -0.25) is 0 Å². The predicted molar refractivity (Wildman–Crippen MR) is 70.5 cm³/mol. The number of hydrogen-bond acceptors (Lipinski definition) is 4. The second-order valence-corrected chi connectivity index (χ2v) is 4.58. The average Bonchev–Trinajstić information content (AvgIpc) is 2.69. The molecule has 1 aromatic carbocycles. The summed E-state index contributed by atoms with van der Waals surface area (Å²) in [5.41, 5.74) is 10.3. The van der Waals surface area contributed by atoms with Crippen molar-refractivity contribution in [2.45, 2.75) is 20.0 Å². The first-order chi connectivity index (χ1) is 9.06. The number of aromatic nitrogens is 1. The summed E-state index contributed by atoms with van der Waals surface area (Å²) in [5, 5.41) is 9.29. The van der Waals surface area contributed by atoms with Gasteiger partial charge in [-0.2, -0.15) is 0 Å². The van der Waals surface area contributed by atoms with Gasteiger partial charge in [-0.05, 0) is 31.5 Å². The van der Waals surface area contributed by atoms with Crippen LogP contribution in [0.1, 0.15) is 23.2 Å². The Labute approximate surface area is 110 Å². The molecule has 4 N–H and O–H groups in total. The minimum atomic E-state index is -0.510. The maximum absolute atomic E-state index is 11.3. The Morgan fingerprint density at radius 2 is 2.16 bits per heavy atom. The third-order valence-electron chi connectivity index (χ3n) is 3.24. The van der Waals surface area contributed by atoms with E-state index in [2.05, 4.69) is 15.8 Å². The van der Waals surface area contributed by atoms with Crippen molar-refractivity contribution in [2.75, 3.05) is 5.32 Å². The largest absolute Gasteiger partial charge is 0.361 e. The molecule has 2 aromatic rings. The van der Waals surface area contributed by atoms with Crippen LogP contribution >= 0.6 is 0 Å². The van der Waals surface area contributed by atoms with Crippen molar-refractivity contribution in [2.24, 2.45) is 5.73 Å². The summed E-state index contributed by atoms with van der Waals surface area (Å²) < 4.78 is 5.17. The summed E-state index contributed by atoms with van der Waals surface area (Å²) in [6, 6.07) is 5.42. The Morgan fingerprint density at radius 1 is 1.37 bits per heavy atom. The van der Waals surface area contributed by atoms with E-state index in [1.807, 2.05) is 32.0 Å². The topological polar surface area (TPSA) is 93.2 Å². The molecule has 2 amide bonds. The van der Waals surface area contributed by atoms with Crippen molar-refractivity contribution in [1.82, 2.24) is 10.5 Å². The molecular formula is C13H14N4O2. The molecule has 1 aromatic heterocycles. The lowest BCUT2D eigenvalue weighted by Crippen LogP contribution is -2.41. The van der Waals surface area contributed by atoms with E-state index in [9.17, 15) is 4.79 Å². The molecule has 3 rings (SSSR count). The number of fused-ring (bicyclic) bond motifs is 1. The molecule has 1 atom stereocenters. The third-order valence-corrected chi connectivity index (χ3v) is 3.24. The minimum Gasteiger partial charge on any atom is -0.361 e. The van der Waals surface area contributed by atoms with Crippen LogP contribution in [-0.2, 0) is 0 Å². The van der Waals surface area contributed by atoms with Crippen molar-refractivity contribution in [3.05, 3.63) is 35.2 Å². The second-order valence-electron chi connectivity index (χ2n) is 4.58. The van der Waals surface area contributed by atoms with E-state index in [0.29, 0.717) is 0 Å². The summed E-state index contributed by atoms with van der Waals surface area (Å²) in [5.74, 6) is 0.763. The maximum atomic E-state index is 11.3. The summed E-state index contributed by atoms with van der Waals surface area (Å²) in [4.78, 5) is 11.3. The van der Waals surface area contributed by atoms with Gasteiger partial charge in [0.15, 0.2) is 0 Å². The Kier molecular flexibility index (Phi) is 2.53. The van der Waals surface area contributed by atoms with Crippen LogP contribution < -0.4 is 16.4 Å². The number of hydrogen-bond donors (Lipinski definition) is 3. The lowest BCUT2D eigenvalue weighted by Gasteiger charge is -2.24. The summed E-state index contributed by atoms with van der Waals surface area (Å²) >= 11 is 0. The van der Waals surface area contributed by atoms with Gasteiger partial charge < -0.3 is 20.9 Å². The number of nitrogens with one attached hydrogen (secondary N) is 2. The van der Waals surface area contributed by atoms with Gasteiger partial charge in [-0.15, -0.1) is 0 Å². The van der Waals surface area contributed by atoms with Gasteiger partial charge in [0, 0.05) is 16.8 Å². The highest BCUT2D eigenvalue weighted by molar-refractivity contribution is 5.93. The molecule has 2 heterocycles. The summed E-state index contributed by atoms with van der Waals surface area (Å²) in [6.07, 6.45) is -0.510. The van der Waals surface area contributed by atoms with Gasteiger partial charge in [0.25, 0.3) is 0 Å². The van der Waals surface area contributed by atoms with Crippen molar-refractivity contribution >= 4 is 11.7 Å². The first-order valence-corrected chi connectivity index (χ1v) is 5.96. The zero-order chi connectivity index (χ0) is 13.6. The van der Waals surface area contributed by atoms with Crippen LogP contribution in [0.2, 0.25) is 0 Å². The third kappa shape index (κ3) is 1.86. The predicted octanol–water partition coefficient (Wildman–Crippen LogP) is 2.05. The van der Waals surface area contributed by atoms with Crippen LogP contribution in [0, 0.1) is 13.8 Å². The number of anilines is 1. The molecule has 19 heavy (non-hydrogen) atoms. The quantitative estimate of drug-likeness (QED) is 0.729. The molecule has 6 nitrogen and oxygen atoms in total. The van der Waals surface area contributed by atoms with Crippen LogP contribution in [0.4, 0.5) is 10.5 Å². The number of urea groups is 1. The Hall–Kier alpha value is -2.34. The van der Waals surface area contributed by atoms with Gasteiger partial charge in [-0.1, -0.05) is 11.2 Å². The Morgan fingerprint density at radius 3 is 2.84 bits per heavy atom. The molecule has 0 saturated heterocycles. The molecule has 0 saturated carbocycles. The maximum Gasteiger partial charge on any atom is 0.320 e. The number of nitrogens with two attached hydrogens (primary N) is 1. The molecule has 1 aliphatic heterocycles. The number of benzene rings is 1. The highest BCUT2D eigenvalue weighted by atomic mass is 16.5. The van der Waals surface area contributed by atoms with Crippen molar-refractivity contribution in [3.8, 4) is 11.1 Å². The van der Waals surface area contributed by atoms with E-state index < -0.39 is 6.17 Å². The van der Waals surface area contributed by atoms with Crippen LogP contribution in [0.25, 0.3) is 11.1 Å². The molecule has 0 aliphatic carbocycles. The van der Waals surface area contributed by atoms with Crippen LogP contribution in [-0.4, -0.2) is 11.2 Å². The fraction of sp³-hybridized carbons (Fsp3) is 0.231. The lowest BCUT2D eigenvalue weighted by atomic mass is 9.98.